The van der Waals surface area contributed by atoms with Gasteiger partial charge in [-0.05, 0) is 12.5 Å². The van der Waals surface area contributed by atoms with E-state index in [0.29, 0.717) is 18.0 Å². The smallest absolute Gasteiger partial charge is 0.207 e. The topological polar surface area (TPSA) is 37.4 Å². The van der Waals surface area contributed by atoms with Crippen LogP contribution in [0.4, 0.5) is 0 Å². The molecule has 20 heavy (non-hydrogen) atoms. The summed E-state index contributed by atoms with van der Waals surface area (Å²) in [5, 5.41) is 0.780. The van der Waals surface area contributed by atoms with E-state index >= 15 is 0 Å². The lowest BCUT2D eigenvalue weighted by molar-refractivity contribution is 0.427. The number of rotatable bonds is 6. The lowest BCUT2D eigenvalue weighted by Crippen LogP contribution is -2.31. The zero-order valence-electron chi connectivity index (χ0n) is 11.6. The van der Waals surface area contributed by atoms with Crippen LogP contribution in [0.3, 0.4) is 0 Å². The van der Waals surface area contributed by atoms with Gasteiger partial charge in [0.2, 0.25) is 10.0 Å². The molecule has 0 aliphatic heterocycles. The largest absolute Gasteiger partial charge is 0.244 e. The van der Waals surface area contributed by atoms with Crippen molar-refractivity contribution in [3.8, 4) is 0 Å². The van der Waals surface area contributed by atoms with Gasteiger partial charge in [0.25, 0.3) is 0 Å². The Labute approximate surface area is 129 Å². The average Bonchev–Trinajstić information content (AvgIpc) is 2.83. The van der Waals surface area contributed by atoms with E-state index in [-0.39, 0.29) is 5.88 Å². The molecule has 0 radical (unpaired) electrons. The number of fused-ring (bicyclic) bond motifs is 1. The maximum absolute atomic E-state index is 12.9. The normalized spacial score (nSPS) is 12.4. The van der Waals surface area contributed by atoms with Crippen LogP contribution in [0.15, 0.2) is 29.2 Å². The molecule has 1 heterocycles. The van der Waals surface area contributed by atoms with Crippen LogP contribution in [0.5, 0.6) is 0 Å². The molecular weight excluding hydrogens is 314 g/mol. The van der Waals surface area contributed by atoms with Crippen LogP contribution in [-0.4, -0.2) is 25.8 Å². The fourth-order valence-electron chi connectivity index (χ4n) is 2.27. The molecule has 0 unspecified atom stereocenters. The SMILES string of the molecule is CCCN(CC)S(=O)(=O)c1c(CCl)sc2ccccc12. The Morgan fingerprint density at radius 1 is 1.25 bits per heavy atom. The molecule has 0 bridgehead atoms. The lowest BCUT2D eigenvalue weighted by Gasteiger charge is -2.20. The van der Waals surface area contributed by atoms with Crippen molar-refractivity contribution in [2.45, 2.75) is 31.0 Å². The Hall–Kier alpha value is -0.620. The molecule has 0 amide bonds. The van der Waals surface area contributed by atoms with Crippen molar-refractivity contribution in [1.29, 1.82) is 0 Å². The van der Waals surface area contributed by atoms with E-state index in [9.17, 15) is 8.42 Å². The van der Waals surface area contributed by atoms with Gasteiger partial charge in [-0.2, -0.15) is 4.31 Å². The highest BCUT2D eigenvalue weighted by Gasteiger charge is 2.28. The maximum Gasteiger partial charge on any atom is 0.244 e. The molecule has 0 aliphatic carbocycles. The summed E-state index contributed by atoms with van der Waals surface area (Å²) < 4.78 is 28.3. The standard InChI is InChI=1S/C14H18ClNO2S2/c1-3-9-16(4-2)20(17,18)14-11-7-5-6-8-12(11)19-13(14)10-15/h5-8H,3-4,9-10H2,1-2H3. The summed E-state index contributed by atoms with van der Waals surface area (Å²) in [4.78, 5) is 1.12. The Morgan fingerprint density at radius 2 is 1.95 bits per heavy atom. The van der Waals surface area contributed by atoms with Gasteiger partial charge in [-0.15, -0.1) is 22.9 Å². The van der Waals surface area contributed by atoms with Crippen LogP contribution in [0.1, 0.15) is 25.1 Å². The van der Waals surface area contributed by atoms with E-state index in [1.165, 1.54) is 15.6 Å². The summed E-state index contributed by atoms with van der Waals surface area (Å²) in [6.07, 6.45) is 0.797. The minimum absolute atomic E-state index is 0.220. The molecule has 0 fully saturated rings. The van der Waals surface area contributed by atoms with Gasteiger partial charge in [0.1, 0.15) is 4.90 Å². The second-order valence-electron chi connectivity index (χ2n) is 4.48. The Bertz CT molecular complexity index is 694. The monoisotopic (exact) mass is 331 g/mol. The van der Waals surface area contributed by atoms with Crippen LogP contribution >= 0.6 is 22.9 Å². The first-order valence-electron chi connectivity index (χ1n) is 6.62. The van der Waals surface area contributed by atoms with E-state index in [4.69, 9.17) is 11.6 Å². The fraction of sp³-hybridized carbons (Fsp3) is 0.429. The zero-order valence-corrected chi connectivity index (χ0v) is 14.0. The average molecular weight is 332 g/mol. The van der Waals surface area contributed by atoms with E-state index in [1.807, 2.05) is 38.1 Å². The van der Waals surface area contributed by atoms with Crippen molar-refractivity contribution < 1.29 is 8.42 Å². The summed E-state index contributed by atoms with van der Waals surface area (Å²) >= 11 is 7.42. The highest BCUT2D eigenvalue weighted by Crippen LogP contribution is 2.37. The predicted octanol–water partition coefficient (Wildman–Crippen LogP) is 4.06. The summed E-state index contributed by atoms with van der Waals surface area (Å²) in [6, 6.07) is 7.57. The molecule has 1 aromatic heterocycles. The number of sulfonamides is 1. The summed E-state index contributed by atoms with van der Waals surface area (Å²) in [5.41, 5.74) is 0. The van der Waals surface area contributed by atoms with Crippen LogP contribution in [0.25, 0.3) is 10.1 Å². The first kappa shape index (κ1) is 15.8. The molecular formula is C14H18ClNO2S2. The number of thiophene rings is 1. The van der Waals surface area contributed by atoms with Gasteiger partial charge in [0.05, 0.1) is 5.88 Å². The van der Waals surface area contributed by atoms with Crippen molar-refractivity contribution >= 4 is 43.0 Å². The number of hydrogen-bond donors (Lipinski definition) is 0. The maximum atomic E-state index is 12.9. The third kappa shape index (κ3) is 2.72. The number of benzene rings is 1. The van der Waals surface area contributed by atoms with Crippen molar-refractivity contribution in [2.75, 3.05) is 13.1 Å². The molecule has 0 spiro atoms. The molecule has 0 N–H and O–H groups in total. The first-order chi connectivity index (χ1) is 9.56. The van der Waals surface area contributed by atoms with Crippen LogP contribution < -0.4 is 0 Å². The molecule has 1 aromatic carbocycles. The van der Waals surface area contributed by atoms with Gasteiger partial charge in [-0.25, -0.2) is 8.42 Å². The van der Waals surface area contributed by atoms with E-state index in [0.717, 1.165) is 21.4 Å². The molecule has 3 nitrogen and oxygen atoms in total. The minimum Gasteiger partial charge on any atom is -0.207 e. The molecule has 2 aromatic rings. The van der Waals surface area contributed by atoms with E-state index in [2.05, 4.69) is 0 Å². The highest BCUT2D eigenvalue weighted by molar-refractivity contribution is 7.89. The molecule has 6 heteroatoms. The predicted molar refractivity (Wildman–Crippen MR) is 86.1 cm³/mol. The van der Waals surface area contributed by atoms with Crippen LogP contribution in [0, 0.1) is 0 Å². The Balaban J connectivity index is 2.66. The summed E-state index contributed by atoms with van der Waals surface area (Å²) in [7, 11) is -3.48. The first-order valence-corrected chi connectivity index (χ1v) is 9.41. The lowest BCUT2D eigenvalue weighted by atomic mass is 10.2. The van der Waals surface area contributed by atoms with E-state index < -0.39 is 10.0 Å². The van der Waals surface area contributed by atoms with Gasteiger partial charge in [0.15, 0.2) is 0 Å². The van der Waals surface area contributed by atoms with Gasteiger partial charge >= 0.3 is 0 Å². The number of nitrogens with zero attached hydrogens (tertiary/aromatic N) is 1. The third-order valence-electron chi connectivity index (χ3n) is 3.16. The minimum atomic E-state index is -3.48. The second-order valence-corrected chi connectivity index (χ2v) is 7.76. The van der Waals surface area contributed by atoms with Crippen LogP contribution in [-0.2, 0) is 15.9 Å². The second kappa shape index (κ2) is 6.43. The van der Waals surface area contributed by atoms with Gasteiger partial charge < -0.3 is 0 Å². The molecule has 110 valence electrons. The fourth-order valence-corrected chi connectivity index (χ4v) is 5.94. The Morgan fingerprint density at radius 3 is 2.55 bits per heavy atom. The summed E-state index contributed by atoms with van der Waals surface area (Å²) in [5.74, 6) is 0.220. The van der Waals surface area contributed by atoms with Crippen LogP contribution in [0.2, 0.25) is 0 Å². The van der Waals surface area contributed by atoms with Gasteiger partial charge in [-0.1, -0.05) is 32.0 Å². The molecule has 0 saturated heterocycles. The number of halogens is 1. The van der Waals surface area contributed by atoms with E-state index in [1.54, 1.807) is 0 Å². The highest BCUT2D eigenvalue weighted by atomic mass is 35.5. The molecule has 0 saturated carbocycles. The van der Waals surface area contributed by atoms with Crippen molar-refractivity contribution in [3.63, 3.8) is 0 Å². The number of hydrogen-bond acceptors (Lipinski definition) is 3. The molecule has 0 aliphatic rings. The van der Waals surface area contributed by atoms with Crippen molar-refractivity contribution in [3.05, 3.63) is 29.1 Å². The Kier molecular flexibility index (Phi) is 5.07. The quantitative estimate of drug-likeness (QED) is 0.748. The van der Waals surface area contributed by atoms with Crippen molar-refractivity contribution in [2.24, 2.45) is 0 Å². The summed E-state index contributed by atoms with van der Waals surface area (Å²) in [6.45, 7) is 4.85. The molecule has 2 rings (SSSR count). The number of alkyl halides is 1. The molecule has 0 atom stereocenters. The third-order valence-corrected chi connectivity index (χ3v) is 6.99. The van der Waals surface area contributed by atoms with Gasteiger partial charge in [0, 0.05) is 28.1 Å². The van der Waals surface area contributed by atoms with Crippen molar-refractivity contribution in [1.82, 2.24) is 4.31 Å². The zero-order chi connectivity index (χ0) is 14.8. The van der Waals surface area contributed by atoms with Gasteiger partial charge in [-0.3, -0.25) is 0 Å².